The zero-order chi connectivity index (χ0) is 16.4. The first-order chi connectivity index (χ1) is 11.1. The first-order valence-corrected chi connectivity index (χ1v) is 8.67. The second kappa shape index (κ2) is 6.46. The van der Waals surface area contributed by atoms with E-state index in [1.54, 1.807) is 7.11 Å². The number of ketones is 1. The third-order valence-electron chi connectivity index (χ3n) is 5.30. The van der Waals surface area contributed by atoms with E-state index in [4.69, 9.17) is 4.74 Å². The lowest BCUT2D eigenvalue weighted by molar-refractivity contribution is -0.131. The lowest BCUT2D eigenvalue weighted by Crippen LogP contribution is -2.39. The summed E-state index contributed by atoms with van der Waals surface area (Å²) in [7, 11) is 1.67. The summed E-state index contributed by atoms with van der Waals surface area (Å²) in [5.74, 6) is 0.837. The van der Waals surface area contributed by atoms with E-state index in [0.717, 1.165) is 31.4 Å². The van der Waals surface area contributed by atoms with Crippen LogP contribution in [0, 0.1) is 5.92 Å². The van der Waals surface area contributed by atoms with Crippen molar-refractivity contribution in [3.63, 3.8) is 0 Å². The molecule has 0 radical (unpaired) electrons. The van der Waals surface area contributed by atoms with Gasteiger partial charge in [0.15, 0.2) is 11.5 Å². The Balaban J connectivity index is 1.84. The number of fused-ring (bicyclic) bond motifs is 3. The molecular formula is C20H25FO2. The molecule has 0 aliphatic heterocycles. The maximum atomic E-state index is 15.1. The number of benzene rings is 1. The SMILES string of the molecule is CCCCC(=O)[C@@]1(F)CC=C2c3ccc(OC)cc3CC[C@H]2C1. The Hall–Kier alpha value is -1.64. The molecule has 2 aliphatic rings. The first-order valence-electron chi connectivity index (χ1n) is 8.67. The minimum Gasteiger partial charge on any atom is -0.497 e. The number of ether oxygens (including phenoxy) is 1. The van der Waals surface area contributed by atoms with Gasteiger partial charge in [-0.1, -0.05) is 25.5 Å². The van der Waals surface area contributed by atoms with Gasteiger partial charge >= 0.3 is 0 Å². The lowest BCUT2D eigenvalue weighted by atomic mass is 9.69. The van der Waals surface area contributed by atoms with Crippen LogP contribution in [0.1, 0.15) is 56.6 Å². The summed E-state index contributed by atoms with van der Waals surface area (Å²) in [6.45, 7) is 2.03. The molecule has 23 heavy (non-hydrogen) atoms. The Labute approximate surface area is 137 Å². The van der Waals surface area contributed by atoms with E-state index < -0.39 is 5.67 Å². The Morgan fingerprint density at radius 1 is 1.43 bits per heavy atom. The number of unbranched alkanes of at least 4 members (excludes halogenated alkanes) is 1. The van der Waals surface area contributed by atoms with Crippen LogP contribution in [0.4, 0.5) is 4.39 Å². The van der Waals surface area contributed by atoms with Crippen molar-refractivity contribution in [3.8, 4) is 5.75 Å². The Kier molecular flexibility index (Phi) is 4.56. The van der Waals surface area contributed by atoms with Crippen molar-refractivity contribution in [2.45, 2.75) is 57.5 Å². The van der Waals surface area contributed by atoms with Crippen LogP contribution in [0.25, 0.3) is 5.57 Å². The fourth-order valence-corrected chi connectivity index (χ4v) is 3.91. The Morgan fingerprint density at radius 3 is 3.00 bits per heavy atom. The largest absolute Gasteiger partial charge is 0.497 e. The zero-order valence-electron chi connectivity index (χ0n) is 14.0. The van der Waals surface area contributed by atoms with Gasteiger partial charge in [-0.2, -0.15) is 0 Å². The van der Waals surface area contributed by atoms with E-state index >= 15 is 4.39 Å². The number of halogens is 1. The molecule has 0 saturated heterocycles. The lowest BCUT2D eigenvalue weighted by Gasteiger charge is -2.37. The predicted octanol–water partition coefficient (Wildman–Crippen LogP) is 4.90. The Bertz CT molecular complexity index is 635. The summed E-state index contributed by atoms with van der Waals surface area (Å²) in [5.41, 5.74) is 2.07. The van der Waals surface area contributed by atoms with Gasteiger partial charge in [0, 0.05) is 12.8 Å². The molecule has 0 heterocycles. The molecule has 124 valence electrons. The summed E-state index contributed by atoms with van der Waals surface area (Å²) in [6.07, 6.45) is 6.49. The van der Waals surface area contributed by atoms with Gasteiger partial charge in [-0.05, 0) is 60.4 Å². The minimum absolute atomic E-state index is 0.167. The fourth-order valence-electron chi connectivity index (χ4n) is 3.91. The molecular weight excluding hydrogens is 291 g/mol. The van der Waals surface area contributed by atoms with Gasteiger partial charge in [-0.3, -0.25) is 4.79 Å². The average Bonchev–Trinajstić information content (AvgIpc) is 2.58. The molecule has 2 aliphatic carbocycles. The van der Waals surface area contributed by atoms with Crippen LogP contribution in [0.3, 0.4) is 0 Å². The minimum atomic E-state index is -1.65. The highest BCUT2D eigenvalue weighted by Crippen LogP contribution is 2.46. The van der Waals surface area contributed by atoms with E-state index in [9.17, 15) is 4.79 Å². The molecule has 0 aromatic heterocycles. The van der Waals surface area contributed by atoms with Gasteiger partial charge in [0.2, 0.25) is 0 Å². The van der Waals surface area contributed by atoms with Crippen molar-refractivity contribution in [1.82, 2.24) is 0 Å². The molecule has 3 rings (SSSR count). The summed E-state index contributed by atoms with van der Waals surface area (Å²) in [5, 5.41) is 0. The second-order valence-corrected chi connectivity index (χ2v) is 6.82. The second-order valence-electron chi connectivity index (χ2n) is 6.82. The molecule has 1 aromatic carbocycles. The molecule has 0 unspecified atom stereocenters. The topological polar surface area (TPSA) is 26.3 Å². The van der Waals surface area contributed by atoms with Gasteiger partial charge in [0.1, 0.15) is 5.75 Å². The monoisotopic (exact) mass is 316 g/mol. The highest BCUT2D eigenvalue weighted by atomic mass is 19.1. The summed E-state index contributed by atoms with van der Waals surface area (Å²) < 4.78 is 20.4. The number of hydrogen-bond donors (Lipinski definition) is 0. The molecule has 0 bridgehead atoms. The number of rotatable bonds is 5. The number of carbonyl (C=O) groups excluding carboxylic acids is 1. The maximum absolute atomic E-state index is 15.1. The zero-order valence-corrected chi connectivity index (χ0v) is 14.0. The van der Waals surface area contributed by atoms with E-state index in [1.807, 2.05) is 19.1 Å². The number of Topliss-reactive ketones (excluding diaryl/α,β-unsaturated/α-hetero) is 1. The van der Waals surface area contributed by atoms with Crippen LogP contribution in [0.5, 0.6) is 5.75 Å². The van der Waals surface area contributed by atoms with Crippen LogP contribution in [0.2, 0.25) is 0 Å². The molecule has 2 atom stereocenters. The highest BCUT2D eigenvalue weighted by molar-refractivity contribution is 5.89. The number of allylic oxidation sites excluding steroid dienone is 2. The smallest absolute Gasteiger partial charge is 0.172 e. The molecule has 3 heteroatoms. The molecule has 0 amide bonds. The van der Waals surface area contributed by atoms with E-state index in [2.05, 4.69) is 12.1 Å². The number of carbonyl (C=O) groups is 1. The summed E-state index contributed by atoms with van der Waals surface area (Å²) >= 11 is 0. The van der Waals surface area contributed by atoms with Gasteiger partial charge in [0.05, 0.1) is 7.11 Å². The van der Waals surface area contributed by atoms with Crippen LogP contribution in [-0.2, 0) is 11.2 Å². The quantitative estimate of drug-likeness (QED) is 0.772. The highest BCUT2D eigenvalue weighted by Gasteiger charge is 2.43. The van der Waals surface area contributed by atoms with Gasteiger partial charge in [-0.25, -0.2) is 4.39 Å². The van der Waals surface area contributed by atoms with Crippen molar-refractivity contribution in [3.05, 3.63) is 35.4 Å². The molecule has 0 N–H and O–H groups in total. The number of aryl methyl sites for hydroxylation is 1. The number of hydrogen-bond acceptors (Lipinski definition) is 2. The summed E-state index contributed by atoms with van der Waals surface area (Å²) in [6, 6.07) is 6.12. The third kappa shape index (κ3) is 3.06. The van der Waals surface area contributed by atoms with Crippen LogP contribution in [0.15, 0.2) is 24.3 Å². The normalized spacial score (nSPS) is 26.0. The van der Waals surface area contributed by atoms with Crippen molar-refractivity contribution < 1.29 is 13.9 Å². The maximum Gasteiger partial charge on any atom is 0.172 e. The average molecular weight is 316 g/mol. The van der Waals surface area contributed by atoms with Gasteiger partial charge in [-0.15, -0.1) is 0 Å². The third-order valence-corrected chi connectivity index (χ3v) is 5.30. The number of alkyl halides is 1. The molecule has 0 spiro atoms. The molecule has 2 nitrogen and oxygen atoms in total. The molecule has 1 aromatic rings. The van der Waals surface area contributed by atoms with Crippen molar-refractivity contribution >= 4 is 11.4 Å². The molecule has 0 saturated carbocycles. The molecule has 0 fully saturated rings. The van der Waals surface area contributed by atoms with E-state index in [-0.39, 0.29) is 18.1 Å². The van der Waals surface area contributed by atoms with Crippen molar-refractivity contribution in [2.75, 3.05) is 7.11 Å². The van der Waals surface area contributed by atoms with Crippen LogP contribution < -0.4 is 4.74 Å². The fraction of sp³-hybridized carbons (Fsp3) is 0.550. The van der Waals surface area contributed by atoms with Crippen molar-refractivity contribution in [1.29, 1.82) is 0 Å². The summed E-state index contributed by atoms with van der Waals surface area (Å²) in [4.78, 5) is 12.3. The number of methoxy groups -OCH3 is 1. The van der Waals surface area contributed by atoms with E-state index in [0.29, 0.717) is 12.8 Å². The van der Waals surface area contributed by atoms with Crippen molar-refractivity contribution in [2.24, 2.45) is 5.92 Å². The predicted molar refractivity (Wildman–Crippen MR) is 90.4 cm³/mol. The van der Waals surface area contributed by atoms with Crippen LogP contribution >= 0.6 is 0 Å². The van der Waals surface area contributed by atoms with Gasteiger partial charge in [0.25, 0.3) is 0 Å². The first kappa shape index (κ1) is 16.2. The van der Waals surface area contributed by atoms with Crippen LogP contribution in [-0.4, -0.2) is 18.6 Å². The van der Waals surface area contributed by atoms with Gasteiger partial charge < -0.3 is 4.74 Å². The van der Waals surface area contributed by atoms with E-state index in [1.165, 1.54) is 16.7 Å². The standard InChI is InChI=1S/C20H25FO2/c1-3-4-5-19(22)20(21)11-10-18-15(13-20)7-6-14-12-16(23-2)8-9-17(14)18/h8-10,12,15H,3-7,11,13H2,1-2H3/t15-,20+/m0/s1. The Morgan fingerprint density at radius 2 is 2.26 bits per heavy atom.